The number of carboxylic acid groups (broad SMARTS) is 3. The van der Waals surface area contributed by atoms with Crippen LogP contribution in [-0.2, 0) is 28.8 Å². The number of nitrogens with one attached hydrogen (secondary N) is 3. The fourth-order valence-electron chi connectivity index (χ4n) is 3.01. The molecule has 0 rings (SSSR count). The smallest absolute Gasteiger partial charge is 0.326 e. The minimum atomic E-state index is -1.69. The fraction of sp³-hybridized carbons (Fsp3) is 0.650. The molecule has 0 radical (unpaired) electrons. The van der Waals surface area contributed by atoms with E-state index in [-0.39, 0.29) is 38.3 Å². The zero-order valence-electron chi connectivity index (χ0n) is 20.2. The van der Waals surface area contributed by atoms with Crippen LogP contribution in [-0.4, -0.2) is 94.2 Å². The molecular formula is C20H36N8O9. The van der Waals surface area contributed by atoms with Crippen molar-refractivity contribution < 1.29 is 44.1 Å². The lowest BCUT2D eigenvalue weighted by molar-refractivity contribution is -0.143. The molecule has 4 atom stereocenters. The number of guanidine groups is 1. The summed E-state index contributed by atoms with van der Waals surface area (Å²) in [5.41, 5.74) is 21.3. The van der Waals surface area contributed by atoms with Crippen molar-refractivity contribution >= 4 is 41.6 Å². The first-order chi connectivity index (χ1) is 17.3. The summed E-state index contributed by atoms with van der Waals surface area (Å²) in [6, 6.07) is -5.87. The number of carbonyl (C=O) groups is 6. The predicted octanol–water partition coefficient (Wildman–Crippen LogP) is -4.02. The summed E-state index contributed by atoms with van der Waals surface area (Å²) in [5, 5.41) is 34.0. The van der Waals surface area contributed by atoms with Gasteiger partial charge in [0.05, 0.1) is 18.9 Å². The van der Waals surface area contributed by atoms with Crippen LogP contribution in [0.3, 0.4) is 0 Å². The second kappa shape index (κ2) is 17.4. The topological polar surface area (TPSA) is 316 Å². The van der Waals surface area contributed by atoms with Gasteiger partial charge in [-0.05, 0) is 38.6 Å². The van der Waals surface area contributed by atoms with E-state index in [0.717, 1.165) is 0 Å². The Morgan fingerprint density at radius 3 is 1.73 bits per heavy atom. The molecule has 4 unspecified atom stereocenters. The van der Waals surface area contributed by atoms with E-state index in [1.165, 1.54) is 0 Å². The van der Waals surface area contributed by atoms with E-state index in [1.54, 1.807) is 0 Å². The minimum absolute atomic E-state index is 0.0273. The molecule has 0 aromatic rings. The molecule has 17 heteroatoms. The lowest BCUT2D eigenvalue weighted by Crippen LogP contribution is -2.57. The van der Waals surface area contributed by atoms with Gasteiger partial charge in [-0.25, -0.2) is 4.79 Å². The molecule has 0 aromatic carbocycles. The lowest BCUT2D eigenvalue weighted by atomic mass is 10.1. The Morgan fingerprint density at radius 2 is 1.22 bits per heavy atom. The molecule has 0 heterocycles. The summed E-state index contributed by atoms with van der Waals surface area (Å²) >= 11 is 0. The van der Waals surface area contributed by atoms with Gasteiger partial charge < -0.3 is 54.2 Å². The molecule has 17 nitrogen and oxygen atoms in total. The third-order valence-corrected chi connectivity index (χ3v) is 4.88. The van der Waals surface area contributed by atoms with E-state index >= 15 is 0 Å². The Balaban J connectivity index is 5.53. The number of hydrogen-bond acceptors (Lipinski definition) is 9. The van der Waals surface area contributed by atoms with Crippen molar-refractivity contribution in [3.05, 3.63) is 0 Å². The summed E-state index contributed by atoms with van der Waals surface area (Å²) < 4.78 is 0. The maximum absolute atomic E-state index is 12.8. The van der Waals surface area contributed by atoms with Crippen molar-refractivity contribution in [1.82, 2.24) is 16.0 Å². The molecule has 0 spiro atoms. The van der Waals surface area contributed by atoms with Crippen molar-refractivity contribution in [2.75, 3.05) is 13.1 Å². The highest BCUT2D eigenvalue weighted by atomic mass is 16.4. The van der Waals surface area contributed by atoms with Crippen molar-refractivity contribution in [2.45, 2.75) is 69.1 Å². The maximum Gasteiger partial charge on any atom is 0.326 e. The molecule has 0 aliphatic heterocycles. The van der Waals surface area contributed by atoms with Crippen molar-refractivity contribution in [1.29, 1.82) is 0 Å². The first-order valence-corrected chi connectivity index (χ1v) is 11.4. The molecule has 0 bridgehead atoms. The predicted molar refractivity (Wildman–Crippen MR) is 129 cm³/mol. The Hall–Kier alpha value is -3.99. The molecule has 14 N–H and O–H groups in total. The highest BCUT2D eigenvalue weighted by Crippen LogP contribution is 2.06. The number of carboxylic acids is 3. The van der Waals surface area contributed by atoms with Gasteiger partial charge >= 0.3 is 17.9 Å². The summed E-state index contributed by atoms with van der Waals surface area (Å²) in [6.07, 6.45) is -0.602. The van der Waals surface area contributed by atoms with Crippen LogP contribution in [0.25, 0.3) is 0 Å². The Kier molecular flexibility index (Phi) is 15.6. The average Bonchev–Trinajstić information content (AvgIpc) is 2.78. The van der Waals surface area contributed by atoms with Crippen LogP contribution in [0, 0.1) is 0 Å². The number of unbranched alkanes of at least 4 members (excludes halogenated alkanes) is 1. The normalized spacial score (nSPS) is 13.8. The molecule has 3 amide bonds. The van der Waals surface area contributed by atoms with Gasteiger partial charge in [0.2, 0.25) is 17.7 Å². The largest absolute Gasteiger partial charge is 0.481 e. The van der Waals surface area contributed by atoms with Crippen molar-refractivity contribution in [3.63, 3.8) is 0 Å². The van der Waals surface area contributed by atoms with Crippen LogP contribution in [0.2, 0.25) is 0 Å². The van der Waals surface area contributed by atoms with Gasteiger partial charge in [-0.15, -0.1) is 0 Å². The van der Waals surface area contributed by atoms with E-state index in [0.29, 0.717) is 12.8 Å². The van der Waals surface area contributed by atoms with E-state index in [2.05, 4.69) is 20.9 Å². The second-order valence-corrected chi connectivity index (χ2v) is 8.06. The van der Waals surface area contributed by atoms with Crippen LogP contribution in [0.5, 0.6) is 0 Å². The van der Waals surface area contributed by atoms with Gasteiger partial charge in [-0.1, -0.05) is 0 Å². The van der Waals surface area contributed by atoms with Crippen LogP contribution >= 0.6 is 0 Å². The molecule has 210 valence electrons. The van der Waals surface area contributed by atoms with Gasteiger partial charge in [0.25, 0.3) is 0 Å². The average molecular weight is 533 g/mol. The number of amides is 3. The number of rotatable bonds is 19. The maximum atomic E-state index is 12.8. The quantitative estimate of drug-likeness (QED) is 0.0431. The van der Waals surface area contributed by atoms with E-state index in [1.807, 2.05) is 0 Å². The molecule has 0 fully saturated rings. The van der Waals surface area contributed by atoms with Gasteiger partial charge in [0.15, 0.2) is 5.96 Å². The third-order valence-electron chi connectivity index (χ3n) is 4.88. The van der Waals surface area contributed by atoms with Gasteiger partial charge in [0.1, 0.15) is 18.1 Å². The van der Waals surface area contributed by atoms with Gasteiger partial charge in [0, 0.05) is 6.54 Å². The summed E-state index contributed by atoms with van der Waals surface area (Å²) in [7, 11) is 0. The number of aliphatic carboxylic acids is 3. The van der Waals surface area contributed by atoms with E-state index in [4.69, 9.17) is 33.1 Å². The monoisotopic (exact) mass is 532 g/mol. The molecule has 37 heavy (non-hydrogen) atoms. The zero-order chi connectivity index (χ0) is 28.5. The van der Waals surface area contributed by atoms with Crippen LogP contribution in [0.15, 0.2) is 4.99 Å². The number of carbonyl (C=O) groups excluding carboxylic acids is 3. The number of aliphatic imine (C=N–C) groups is 1. The first kappa shape index (κ1) is 33.0. The van der Waals surface area contributed by atoms with Crippen molar-refractivity contribution in [3.8, 4) is 0 Å². The molecule has 0 aliphatic rings. The molecule has 0 aromatic heterocycles. The molecule has 0 saturated heterocycles. The summed E-state index contributed by atoms with van der Waals surface area (Å²) in [4.78, 5) is 75.1. The second-order valence-electron chi connectivity index (χ2n) is 8.06. The van der Waals surface area contributed by atoms with Crippen LogP contribution < -0.4 is 38.9 Å². The third kappa shape index (κ3) is 14.9. The van der Waals surface area contributed by atoms with Gasteiger partial charge in [-0.2, -0.15) is 0 Å². The first-order valence-electron chi connectivity index (χ1n) is 11.4. The SMILES string of the molecule is NCCCCC(NC(=O)C(CC(=O)O)NC(=O)C(N)CC(=O)O)C(=O)NC(CCCN=C(N)N)C(=O)O. The Labute approximate surface area is 212 Å². The molecular weight excluding hydrogens is 496 g/mol. The Morgan fingerprint density at radius 1 is 0.703 bits per heavy atom. The summed E-state index contributed by atoms with van der Waals surface area (Å²) in [6.45, 7) is 0.406. The minimum Gasteiger partial charge on any atom is -0.481 e. The van der Waals surface area contributed by atoms with E-state index in [9.17, 15) is 33.9 Å². The van der Waals surface area contributed by atoms with Crippen LogP contribution in [0.1, 0.15) is 44.9 Å². The van der Waals surface area contributed by atoms with Crippen molar-refractivity contribution in [2.24, 2.45) is 27.9 Å². The molecule has 0 aliphatic carbocycles. The van der Waals surface area contributed by atoms with Gasteiger partial charge in [-0.3, -0.25) is 29.0 Å². The highest BCUT2D eigenvalue weighted by Gasteiger charge is 2.31. The Bertz CT molecular complexity index is 848. The highest BCUT2D eigenvalue weighted by molar-refractivity contribution is 5.96. The zero-order valence-corrected chi connectivity index (χ0v) is 20.2. The summed E-state index contributed by atoms with van der Waals surface area (Å²) in [5.74, 6) is -7.38. The van der Waals surface area contributed by atoms with E-state index < -0.39 is 72.6 Å². The number of hydrogen-bond donors (Lipinski definition) is 10. The number of nitrogens with two attached hydrogens (primary N) is 4. The molecule has 0 saturated carbocycles. The fourth-order valence-corrected chi connectivity index (χ4v) is 3.01. The lowest BCUT2D eigenvalue weighted by Gasteiger charge is -2.24. The van der Waals surface area contributed by atoms with Crippen LogP contribution in [0.4, 0.5) is 0 Å². The number of nitrogens with zero attached hydrogens (tertiary/aromatic N) is 1. The standard InChI is InChI=1S/C20H36N8O9/c21-6-2-1-4-11(17(34)27-12(19(36)37)5-3-7-25-20(23)24)26-18(35)13(9-15(31)32)28-16(33)10(22)8-14(29)30/h10-13H,1-9,21-22H2,(H,26,35)(H,27,34)(H,28,33)(H,29,30)(H,31,32)(H,36,37)(H4,23,24,25).